The maximum atomic E-state index is 12.1. The van der Waals surface area contributed by atoms with Gasteiger partial charge in [0.2, 0.25) is 5.91 Å². The zero-order valence-corrected chi connectivity index (χ0v) is 10.3. The number of hydrogen-bond acceptors (Lipinski definition) is 1. The second-order valence-corrected chi connectivity index (χ2v) is 4.69. The van der Waals surface area contributed by atoms with Gasteiger partial charge in [0.05, 0.1) is 12.0 Å². The summed E-state index contributed by atoms with van der Waals surface area (Å²) in [5.41, 5.74) is 2.31. The Bertz CT molecular complexity index is 550. The van der Waals surface area contributed by atoms with Gasteiger partial charge < -0.3 is 4.90 Å². The summed E-state index contributed by atoms with van der Waals surface area (Å²) < 4.78 is 0. The summed E-state index contributed by atoms with van der Waals surface area (Å²) in [4.78, 5) is 13.9. The Morgan fingerprint density at radius 3 is 1.89 bits per heavy atom. The molecule has 2 aromatic rings. The highest BCUT2D eigenvalue weighted by molar-refractivity contribution is 5.91. The Balaban J connectivity index is 1.97. The zero-order chi connectivity index (χ0) is 12.5. The molecule has 0 aliphatic carbocycles. The van der Waals surface area contributed by atoms with Crippen LogP contribution in [0, 0.1) is 0 Å². The van der Waals surface area contributed by atoms with Crippen LogP contribution in [-0.2, 0) is 4.79 Å². The van der Waals surface area contributed by atoms with Gasteiger partial charge in [-0.25, -0.2) is 0 Å². The summed E-state index contributed by atoms with van der Waals surface area (Å²) in [6.45, 7) is 0. The number of likely N-dealkylation sites (N-methyl/N-ethyl adjacent to an activating group) is 1. The second-order valence-electron chi connectivity index (χ2n) is 4.69. The molecule has 0 saturated carbocycles. The maximum Gasteiger partial charge on any atom is 0.232 e. The molecule has 1 saturated heterocycles. The Kier molecular flexibility index (Phi) is 2.63. The van der Waals surface area contributed by atoms with Gasteiger partial charge in [0, 0.05) is 7.05 Å². The molecule has 1 aliphatic rings. The van der Waals surface area contributed by atoms with Crippen molar-refractivity contribution in [2.75, 3.05) is 7.05 Å². The molecule has 1 heterocycles. The van der Waals surface area contributed by atoms with Gasteiger partial charge >= 0.3 is 0 Å². The van der Waals surface area contributed by atoms with Crippen molar-refractivity contribution in [2.45, 2.75) is 12.0 Å². The monoisotopic (exact) mass is 237 g/mol. The average Bonchev–Trinajstić information content (AvgIpc) is 2.45. The van der Waals surface area contributed by atoms with Crippen molar-refractivity contribution in [3.8, 4) is 0 Å². The molecule has 0 bridgehead atoms. The molecule has 90 valence electrons. The average molecular weight is 237 g/mol. The van der Waals surface area contributed by atoms with E-state index in [4.69, 9.17) is 0 Å². The molecule has 2 aromatic carbocycles. The Morgan fingerprint density at radius 1 is 0.833 bits per heavy atom. The smallest absolute Gasteiger partial charge is 0.232 e. The number of likely N-dealkylation sites (tertiary alicyclic amines) is 1. The molecular weight excluding hydrogens is 222 g/mol. The summed E-state index contributed by atoms with van der Waals surface area (Å²) in [6, 6.07) is 20.4. The first-order chi connectivity index (χ1) is 8.79. The zero-order valence-electron chi connectivity index (χ0n) is 10.3. The van der Waals surface area contributed by atoms with Crippen LogP contribution in [0.5, 0.6) is 0 Å². The SMILES string of the molecule is CN1C(=O)[C@H](c2ccccc2)[C@H]1c1ccccc1. The third-order valence-electron chi connectivity index (χ3n) is 3.65. The number of hydrogen-bond donors (Lipinski definition) is 0. The summed E-state index contributed by atoms with van der Waals surface area (Å²) >= 11 is 0. The molecule has 1 amide bonds. The van der Waals surface area contributed by atoms with Crippen molar-refractivity contribution in [3.05, 3.63) is 71.8 Å². The van der Waals surface area contributed by atoms with E-state index in [1.165, 1.54) is 5.56 Å². The van der Waals surface area contributed by atoms with Crippen LogP contribution < -0.4 is 0 Å². The Morgan fingerprint density at radius 2 is 1.33 bits per heavy atom. The summed E-state index contributed by atoms with van der Waals surface area (Å²) in [7, 11) is 1.87. The van der Waals surface area contributed by atoms with E-state index in [1.54, 1.807) is 0 Å². The number of β-lactam (4-membered cyclic amide) rings is 1. The van der Waals surface area contributed by atoms with E-state index >= 15 is 0 Å². The van der Waals surface area contributed by atoms with Gasteiger partial charge in [-0.15, -0.1) is 0 Å². The van der Waals surface area contributed by atoms with E-state index in [9.17, 15) is 4.79 Å². The minimum Gasteiger partial charge on any atom is -0.337 e. The van der Waals surface area contributed by atoms with Crippen LogP contribution in [0.2, 0.25) is 0 Å². The third-order valence-corrected chi connectivity index (χ3v) is 3.65. The van der Waals surface area contributed by atoms with E-state index in [2.05, 4.69) is 12.1 Å². The lowest BCUT2D eigenvalue weighted by Gasteiger charge is -2.45. The predicted molar refractivity (Wildman–Crippen MR) is 71.1 cm³/mol. The standard InChI is InChI=1S/C16H15NO/c1-17-15(13-10-6-3-7-11-13)14(16(17)18)12-8-4-2-5-9-12/h2-11,14-15H,1H3/t14-,15-/m1/s1. The maximum absolute atomic E-state index is 12.1. The molecule has 2 atom stereocenters. The number of amides is 1. The van der Waals surface area contributed by atoms with Crippen molar-refractivity contribution in [1.82, 2.24) is 4.90 Å². The fourth-order valence-corrected chi connectivity index (χ4v) is 2.68. The van der Waals surface area contributed by atoms with Gasteiger partial charge in [-0.05, 0) is 11.1 Å². The lowest BCUT2D eigenvalue weighted by molar-refractivity contribution is -0.147. The largest absolute Gasteiger partial charge is 0.337 e. The molecule has 0 radical (unpaired) electrons. The van der Waals surface area contributed by atoms with Crippen molar-refractivity contribution < 1.29 is 4.79 Å². The lowest BCUT2D eigenvalue weighted by Crippen LogP contribution is -2.50. The van der Waals surface area contributed by atoms with E-state index in [0.717, 1.165) is 5.56 Å². The molecule has 1 fully saturated rings. The topological polar surface area (TPSA) is 20.3 Å². The first-order valence-electron chi connectivity index (χ1n) is 6.15. The van der Waals surface area contributed by atoms with Crippen molar-refractivity contribution in [2.24, 2.45) is 0 Å². The van der Waals surface area contributed by atoms with Crippen molar-refractivity contribution >= 4 is 5.91 Å². The molecule has 0 unspecified atom stereocenters. The van der Waals surface area contributed by atoms with E-state index < -0.39 is 0 Å². The third kappa shape index (κ3) is 1.61. The molecule has 2 nitrogen and oxygen atoms in total. The van der Waals surface area contributed by atoms with Crippen LogP contribution in [0.3, 0.4) is 0 Å². The van der Waals surface area contributed by atoms with Gasteiger partial charge in [-0.3, -0.25) is 4.79 Å². The molecule has 18 heavy (non-hydrogen) atoms. The van der Waals surface area contributed by atoms with Gasteiger partial charge in [-0.2, -0.15) is 0 Å². The summed E-state index contributed by atoms with van der Waals surface area (Å²) in [6.07, 6.45) is 0. The van der Waals surface area contributed by atoms with Gasteiger partial charge in [0.25, 0.3) is 0 Å². The van der Waals surface area contributed by atoms with E-state index in [0.29, 0.717) is 0 Å². The van der Waals surface area contributed by atoms with Gasteiger partial charge in [-0.1, -0.05) is 60.7 Å². The quantitative estimate of drug-likeness (QED) is 0.735. The predicted octanol–water partition coefficient (Wildman–Crippen LogP) is 2.98. The number of carbonyl (C=O) groups is 1. The molecule has 3 rings (SSSR count). The minimum atomic E-state index is -0.0291. The molecule has 0 N–H and O–H groups in total. The Labute approximate surface area is 107 Å². The normalized spacial score (nSPS) is 22.7. The number of carbonyl (C=O) groups excluding carboxylic acids is 1. The molecule has 2 heteroatoms. The lowest BCUT2D eigenvalue weighted by atomic mass is 9.78. The summed E-state index contributed by atoms with van der Waals surface area (Å²) in [5, 5.41) is 0. The fraction of sp³-hybridized carbons (Fsp3) is 0.188. The van der Waals surface area contributed by atoms with E-state index in [-0.39, 0.29) is 17.9 Å². The number of benzene rings is 2. The molecule has 0 aromatic heterocycles. The van der Waals surface area contributed by atoms with Crippen molar-refractivity contribution in [3.63, 3.8) is 0 Å². The van der Waals surface area contributed by atoms with Crippen LogP contribution in [0.4, 0.5) is 0 Å². The number of rotatable bonds is 2. The van der Waals surface area contributed by atoms with Crippen LogP contribution >= 0.6 is 0 Å². The highest BCUT2D eigenvalue weighted by Gasteiger charge is 2.46. The Hall–Kier alpha value is -2.09. The van der Waals surface area contributed by atoms with Crippen LogP contribution in [0.25, 0.3) is 0 Å². The first-order valence-corrected chi connectivity index (χ1v) is 6.15. The fourth-order valence-electron chi connectivity index (χ4n) is 2.68. The molecule has 0 spiro atoms. The molecule has 1 aliphatic heterocycles. The van der Waals surface area contributed by atoms with Gasteiger partial charge in [0.15, 0.2) is 0 Å². The highest BCUT2D eigenvalue weighted by Crippen LogP contribution is 2.44. The first kappa shape index (κ1) is 11.0. The minimum absolute atomic E-state index is 0.0291. The molecular formula is C16H15NO. The van der Waals surface area contributed by atoms with Crippen LogP contribution in [0.1, 0.15) is 23.1 Å². The van der Waals surface area contributed by atoms with Crippen LogP contribution in [-0.4, -0.2) is 17.9 Å². The van der Waals surface area contributed by atoms with Gasteiger partial charge in [0.1, 0.15) is 0 Å². The van der Waals surface area contributed by atoms with Crippen LogP contribution in [0.15, 0.2) is 60.7 Å². The highest BCUT2D eigenvalue weighted by atomic mass is 16.2. The second kappa shape index (κ2) is 4.30. The summed E-state index contributed by atoms with van der Waals surface area (Å²) in [5.74, 6) is 0.175. The number of nitrogens with zero attached hydrogens (tertiary/aromatic N) is 1. The van der Waals surface area contributed by atoms with Crippen molar-refractivity contribution in [1.29, 1.82) is 0 Å². The van der Waals surface area contributed by atoms with E-state index in [1.807, 2.05) is 60.5 Å².